The third-order valence-corrected chi connectivity index (χ3v) is 4.94. The van der Waals surface area contributed by atoms with E-state index in [4.69, 9.17) is 17.3 Å². The summed E-state index contributed by atoms with van der Waals surface area (Å²) in [5.41, 5.74) is 5.68. The Kier molecular flexibility index (Phi) is 4.34. The number of aliphatic hydroxyl groups is 1. The van der Waals surface area contributed by atoms with Crippen LogP contribution in [-0.2, 0) is 0 Å². The molecule has 18 heavy (non-hydrogen) atoms. The number of halogens is 1. The Morgan fingerprint density at radius 1 is 1.61 bits per heavy atom. The van der Waals surface area contributed by atoms with E-state index in [0.29, 0.717) is 6.54 Å². The van der Waals surface area contributed by atoms with Gasteiger partial charge in [0.25, 0.3) is 0 Å². The Balaban J connectivity index is 2.21. The van der Waals surface area contributed by atoms with Crippen LogP contribution in [0.4, 0.5) is 0 Å². The third-order valence-electron chi connectivity index (χ3n) is 3.64. The molecule has 1 fully saturated rings. The number of rotatable bonds is 4. The molecule has 5 heteroatoms. The average molecular weight is 289 g/mol. The molecule has 1 saturated heterocycles. The lowest BCUT2D eigenvalue weighted by Gasteiger charge is -2.32. The van der Waals surface area contributed by atoms with Gasteiger partial charge in [-0.05, 0) is 31.9 Å². The minimum absolute atomic E-state index is 0.0774. The van der Waals surface area contributed by atoms with Crippen molar-refractivity contribution >= 4 is 22.9 Å². The van der Waals surface area contributed by atoms with Crippen LogP contribution in [0.5, 0.6) is 0 Å². The standard InChI is InChI=1S/C13H21ClN2OS/c1-3-9(15)12(10-4-5-11(14)18-10)16-7-6-13(2,17)8-16/h4-5,9,12,17H,3,6-8,15H2,1-2H3. The molecule has 0 spiro atoms. The number of hydrogen-bond acceptors (Lipinski definition) is 4. The first-order chi connectivity index (χ1) is 8.43. The second kappa shape index (κ2) is 5.47. The van der Waals surface area contributed by atoms with E-state index in [2.05, 4.69) is 17.9 Å². The Labute approximate surface area is 118 Å². The summed E-state index contributed by atoms with van der Waals surface area (Å²) in [5.74, 6) is 0. The molecule has 0 amide bonds. The van der Waals surface area contributed by atoms with Crippen LogP contribution in [0.3, 0.4) is 0 Å². The molecule has 1 aromatic rings. The van der Waals surface area contributed by atoms with Gasteiger partial charge in [-0.1, -0.05) is 18.5 Å². The molecule has 1 aromatic heterocycles. The Morgan fingerprint density at radius 2 is 2.33 bits per heavy atom. The van der Waals surface area contributed by atoms with E-state index in [1.807, 2.05) is 13.0 Å². The predicted octanol–water partition coefficient (Wildman–Crippen LogP) is 2.64. The number of nitrogens with two attached hydrogens (primary N) is 1. The summed E-state index contributed by atoms with van der Waals surface area (Å²) in [6, 6.07) is 4.22. The van der Waals surface area contributed by atoms with Crippen LogP contribution in [0.2, 0.25) is 4.34 Å². The van der Waals surface area contributed by atoms with Crippen LogP contribution in [0, 0.1) is 0 Å². The minimum Gasteiger partial charge on any atom is -0.389 e. The van der Waals surface area contributed by atoms with Gasteiger partial charge in [0.1, 0.15) is 0 Å². The van der Waals surface area contributed by atoms with Crippen molar-refractivity contribution in [2.45, 2.75) is 44.4 Å². The topological polar surface area (TPSA) is 49.5 Å². The van der Waals surface area contributed by atoms with Crippen molar-refractivity contribution in [1.29, 1.82) is 0 Å². The quantitative estimate of drug-likeness (QED) is 0.895. The summed E-state index contributed by atoms with van der Waals surface area (Å²) < 4.78 is 0.796. The van der Waals surface area contributed by atoms with Gasteiger partial charge >= 0.3 is 0 Å². The van der Waals surface area contributed by atoms with Crippen molar-refractivity contribution in [1.82, 2.24) is 4.90 Å². The highest BCUT2D eigenvalue weighted by molar-refractivity contribution is 7.16. The van der Waals surface area contributed by atoms with Gasteiger partial charge in [0.2, 0.25) is 0 Å². The van der Waals surface area contributed by atoms with Gasteiger partial charge in [0.05, 0.1) is 16.0 Å². The molecule has 2 heterocycles. The lowest BCUT2D eigenvalue weighted by atomic mass is 10.0. The zero-order valence-corrected chi connectivity index (χ0v) is 12.5. The summed E-state index contributed by atoms with van der Waals surface area (Å²) in [6.07, 6.45) is 1.72. The summed E-state index contributed by atoms with van der Waals surface area (Å²) in [7, 11) is 0. The second-order valence-electron chi connectivity index (χ2n) is 5.38. The summed E-state index contributed by atoms with van der Waals surface area (Å²) in [6.45, 7) is 5.56. The van der Waals surface area contributed by atoms with Crippen molar-refractivity contribution in [2.24, 2.45) is 5.73 Å². The summed E-state index contributed by atoms with van der Waals surface area (Å²) >= 11 is 7.61. The molecular weight excluding hydrogens is 268 g/mol. The number of hydrogen-bond donors (Lipinski definition) is 2. The monoisotopic (exact) mass is 288 g/mol. The molecule has 0 aliphatic carbocycles. The van der Waals surface area contributed by atoms with Gasteiger partial charge in [0, 0.05) is 24.0 Å². The molecule has 0 bridgehead atoms. The van der Waals surface area contributed by atoms with Gasteiger partial charge in [-0.25, -0.2) is 0 Å². The fourth-order valence-corrected chi connectivity index (χ4v) is 3.86. The van der Waals surface area contributed by atoms with Gasteiger partial charge in [0.15, 0.2) is 0 Å². The van der Waals surface area contributed by atoms with Gasteiger partial charge in [-0.3, -0.25) is 4.90 Å². The van der Waals surface area contributed by atoms with Gasteiger partial charge in [-0.15, -0.1) is 11.3 Å². The molecule has 102 valence electrons. The maximum absolute atomic E-state index is 10.1. The van der Waals surface area contributed by atoms with Gasteiger partial charge in [-0.2, -0.15) is 0 Å². The van der Waals surface area contributed by atoms with E-state index in [0.717, 1.165) is 23.7 Å². The van der Waals surface area contributed by atoms with Crippen molar-refractivity contribution in [3.8, 4) is 0 Å². The molecule has 3 nitrogen and oxygen atoms in total. The maximum Gasteiger partial charge on any atom is 0.0931 e. The van der Waals surface area contributed by atoms with Gasteiger partial charge < -0.3 is 10.8 Å². The molecule has 3 atom stereocenters. The Hall–Kier alpha value is -0.130. The van der Waals surface area contributed by atoms with Crippen LogP contribution in [0.15, 0.2) is 12.1 Å². The van der Waals surface area contributed by atoms with E-state index >= 15 is 0 Å². The molecule has 1 aliphatic heterocycles. The number of nitrogens with zero attached hydrogens (tertiary/aromatic N) is 1. The van der Waals surface area contributed by atoms with E-state index in [-0.39, 0.29) is 12.1 Å². The first-order valence-corrected chi connectivity index (χ1v) is 7.59. The minimum atomic E-state index is -0.591. The largest absolute Gasteiger partial charge is 0.389 e. The highest BCUT2D eigenvalue weighted by Crippen LogP contribution is 2.36. The Morgan fingerprint density at radius 3 is 2.78 bits per heavy atom. The molecule has 0 saturated carbocycles. The second-order valence-corrected chi connectivity index (χ2v) is 7.12. The zero-order valence-electron chi connectivity index (χ0n) is 10.9. The van der Waals surface area contributed by atoms with Crippen LogP contribution >= 0.6 is 22.9 Å². The third kappa shape index (κ3) is 3.06. The fraction of sp³-hybridized carbons (Fsp3) is 0.692. The lowest BCUT2D eigenvalue weighted by Crippen LogP contribution is -2.41. The first kappa shape index (κ1) is 14.3. The smallest absolute Gasteiger partial charge is 0.0931 e. The molecule has 3 N–H and O–H groups in total. The molecule has 2 rings (SSSR count). The van der Waals surface area contributed by atoms with Crippen molar-refractivity contribution in [3.05, 3.63) is 21.3 Å². The molecular formula is C13H21ClN2OS. The average Bonchev–Trinajstić information content (AvgIpc) is 2.86. The van der Waals surface area contributed by atoms with E-state index in [9.17, 15) is 5.11 Å². The number of likely N-dealkylation sites (tertiary alicyclic amines) is 1. The Bertz CT molecular complexity index is 407. The molecule has 3 unspecified atom stereocenters. The fourth-order valence-electron chi connectivity index (χ4n) is 2.59. The van der Waals surface area contributed by atoms with E-state index in [1.165, 1.54) is 4.88 Å². The van der Waals surface area contributed by atoms with Crippen molar-refractivity contribution in [2.75, 3.05) is 13.1 Å². The normalized spacial score (nSPS) is 28.5. The number of β-amino-alcohol motifs (C(OH)–C–C–N with tert-alkyl or cyclic N) is 1. The SMILES string of the molecule is CCC(N)C(c1ccc(Cl)s1)N1CCC(C)(O)C1. The van der Waals surface area contributed by atoms with E-state index in [1.54, 1.807) is 11.3 Å². The van der Waals surface area contributed by atoms with E-state index < -0.39 is 5.60 Å². The zero-order chi connectivity index (χ0) is 13.3. The van der Waals surface area contributed by atoms with Crippen molar-refractivity contribution in [3.63, 3.8) is 0 Å². The highest BCUT2D eigenvalue weighted by Gasteiger charge is 2.37. The summed E-state index contributed by atoms with van der Waals surface area (Å²) in [5, 5.41) is 10.1. The first-order valence-electron chi connectivity index (χ1n) is 6.40. The number of thiophene rings is 1. The molecule has 0 aromatic carbocycles. The summed E-state index contributed by atoms with van der Waals surface area (Å²) in [4.78, 5) is 3.49. The van der Waals surface area contributed by atoms with Crippen LogP contribution in [-0.4, -0.2) is 34.7 Å². The predicted molar refractivity (Wildman–Crippen MR) is 77.2 cm³/mol. The van der Waals surface area contributed by atoms with Crippen molar-refractivity contribution < 1.29 is 5.11 Å². The van der Waals surface area contributed by atoms with Crippen LogP contribution in [0.25, 0.3) is 0 Å². The van der Waals surface area contributed by atoms with Crippen LogP contribution < -0.4 is 5.73 Å². The van der Waals surface area contributed by atoms with Crippen LogP contribution in [0.1, 0.15) is 37.6 Å². The molecule has 1 aliphatic rings. The lowest BCUT2D eigenvalue weighted by molar-refractivity contribution is 0.0597. The highest BCUT2D eigenvalue weighted by atomic mass is 35.5. The molecule has 0 radical (unpaired) electrons. The maximum atomic E-state index is 10.1.